The Labute approximate surface area is 159 Å². The first kappa shape index (κ1) is 21.3. The number of rotatable bonds is 7. The van der Waals surface area contributed by atoms with Gasteiger partial charge in [-0.3, -0.25) is 4.52 Å². The summed E-state index contributed by atoms with van der Waals surface area (Å²) < 4.78 is 65.8. The van der Waals surface area contributed by atoms with Gasteiger partial charge in [0.1, 0.15) is 5.03 Å². The summed E-state index contributed by atoms with van der Waals surface area (Å²) in [6, 6.07) is 4.55. The van der Waals surface area contributed by atoms with Gasteiger partial charge < -0.3 is 29.1 Å². The Hall–Kier alpha value is -1.43. The lowest BCUT2D eigenvalue weighted by Gasteiger charge is -2.16. The van der Waals surface area contributed by atoms with Crippen molar-refractivity contribution >= 4 is 36.4 Å². The lowest BCUT2D eigenvalue weighted by Crippen LogP contribution is -2.29. The van der Waals surface area contributed by atoms with E-state index in [1.165, 1.54) is 6.07 Å². The van der Waals surface area contributed by atoms with Crippen molar-refractivity contribution in [3.05, 3.63) is 18.2 Å². The molecule has 0 fully saturated rings. The summed E-state index contributed by atoms with van der Waals surface area (Å²) in [7, 11) is -14.4. The predicted molar refractivity (Wildman–Crippen MR) is 94.6 cm³/mol. The molecule has 12 nitrogen and oxygen atoms in total. The molecule has 1 atom stereocenters. The molecule has 3 rings (SSSR count). The van der Waals surface area contributed by atoms with Crippen LogP contribution in [-0.4, -0.2) is 46.2 Å². The highest BCUT2D eigenvalue weighted by atomic mass is 32.2. The van der Waals surface area contributed by atoms with E-state index >= 15 is 0 Å². The molecule has 0 saturated carbocycles. The van der Waals surface area contributed by atoms with Gasteiger partial charge in [-0.2, -0.15) is 4.31 Å². The van der Waals surface area contributed by atoms with Crippen LogP contribution in [0, 0.1) is 0 Å². The zero-order valence-electron chi connectivity index (χ0n) is 14.6. The average molecular weight is 457 g/mol. The number of aromatic nitrogens is 1. The smallest absolute Gasteiger partial charge is 0.449 e. The van der Waals surface area contributed by atoms with Crippen LogP contribution in [0.15, 0.2) is 23.2 Å². The molecule has 15 heteroatoms. The number of hydrogen-bond acceptors (Lipinski definition) is 8. The van der Waals surface area contributed by atoms with Crippen LogP contribution in [-0.2, 0) is 27.8 Å². The molecule has 0 aliphatic carbocycles. The second-order valence-electron chi connectivity index (χ2n) is 6.32. The SMILES string of the molecule is CC1(C)Oc2cc3cc(S(=O)(=O)CCOP(=O)(O)OP(=O)(O)O)[nH]c3cc2O1. The molecular formula is C13H17NO11P2S. The Balaban J connectivity index is 1.73. The number of fused-ring (bicyclic) bond motifs is 2. The third kappa shape index (κ3) is 4.94. The first-order chi connectivity index (χ1) is 12.7. The van der Waals surface area contributed by atoms with Crippen molar-refractivity contribution in [2.24, 2.45) is 0 Å². The van der Waals surface area contributed by atoms with Gasteiger partial charge in [0, 0.05) is 25.3 Å². The standard InChI is InChI=1S/C13H17NO11P2S/c1-13(2)23-10-5-8-6-12(14-9(8)7-11(10)24-13)28(20,21)4-3-22-27(18,19)25-26(15,16)17/h5-7,14H,3-4H2,1-2H3,(H,18,19)(H2,15,16,17). The van der Waals surface area contributed by atoms with E-state index in [4.69, 9.17) is 24.2 Å². The highest BCUT2D eigenvalue weighted by Crippen LogP contribution is 2.57. The molecule has 1 unspecified atom stereocenters. The summed E-state index contributed by atoms with van der Waals surface area (Å²) in [6.07, 6.45) is 0. The third-order valence-electron chi connectivity index (χ3n) is 3.52. The van der Waals surface area contributed by atoms with Gasteiger partial charge in [0.05, 0.1) is 17.9 Å². The third-order valence-corrected chi connectivity index (χ3v) is 7.30. The largest absolute Gasteiger partial charge is 0.481 e. The maximum absolute atomic E-state index is 12.4. The zero-order chi connectivity index (χ0) is 21.0. The summed E-state index contributed by atoms with van der Waals surface area (Å²) in [5.74, 6) is -0.669. The van der Waals surface area contributed by atoms with Gasteiger partial charge in [-0.25, -0.2) is 17.5 Å². The van der Waals surface area contributed by atoms with Crippen molar-refractivity contribution in [3.8, 4) is 11.5 Å². The zero-order valence-corrected chi connectivity index (χ0v) is 17.2. The molecule has 2 aromatic rings. The molecule has 0 amide bonds. The number of phosphoric acid groups is 2. The fourth-order valence-corrected chi connectivity index (χ4v) is 5.33. The maximum atomic E-state index is 12.4. The molecular weight excluding hydrogens is 440 g/mol. The summed E-state index contributed by atoms with van der Waals surface area (Å²) in [5.41, 5.74) is 0.470. The maximum Gasteiger partial charge on any atom is 0.481 e. The number of benzene rings is 1. The van der Waals surface area contributed by atoms with Gasteiger partial charge in [0.2, 0.25) is 5.79 Å². The number of sulfone groups is 1. The lowest BCUT2D eigenvalue weighted by atomic mass is 10.2. The Bertz CT molecular complexity index is 1070. The Morgan fingerprint density at radius 2 is 1.71 bits per heavy atom. The van der Waals surface area contributed by atoms with Crippen molar-refractivity contribution in [2.45, 2.75) is 24.7 Å². The summed E-state index contributed by atoms with van der Waals surface area (Å²) in [5, 5.41) is 0.356. The monoisotopic (exact) mass is 457 g/mol. The molecule has 1 aliphatic heterocycles. The molecule has 156 valence electrons. The molecule has 0 spiro atoms. The van der Waals surface area contributed by atoms with E-state index in [1.807, 2.05) is 0 Å². The summed E-state index contributed by atoms with van der Waals surface area (Å²) in [4.78, 5) is 28.9. The molecule has 0 saturated heterocycles. The van der Waals surface area contributed by atoms with Crippen LogP contribution in [0.25, 0.3) is 10.9 Å². The van der Waals surface area contributed by atoms with Crippen LogP contribution < -0.4 is 9.47 Å². The van der Waals surface area contributed by atoms with Crippen LogP contribution in [0.5, 0.6) is 11.5 Å². The second kappa shape index (κ2) is 6.82. The van der Waals surface area contributed by atoms with E-state index in [1.54, 1.807) is 26.0 Å². The Morgan fingerprint density at radius 3 is 2.32 bits per heavy atom. The molecule has 2 heterocycles. The molecule has 0 bridgehead atoms. The van der Waals surface area contributed by atoms with E-state index < -0.39 is 43.6 Å². The van der Waals surface area contributed by atoms with Gasteiger partial charge in [-0.05, 0) is 12.1 Å². The van der Waals surface area contributed by atoms with Crippen LogP contribution >= 0.6 is 15.6 Å². The van der Waals surface area contributed by atoms with E-state index in [-0.39, 0.29) is 5.03 Å². The Morgan fingerprint density at radius 1 is 1.11 bits per heavy atom. The van der Waals surface area contributed by atoms with Crippen LogP contribution in [0.1, 0.15) is 13.8 Å². The number of nitrogens with one attached hydrogen (secondary N) is 1. The average Bonchev–Trinajstić information content (AvgIpc) is 2.99. The molecule has 0 radical (unpaired) electrons. The number of hydrogen-bond donors (Lipinski definition) is 4. The van der Waals surface area contributed by atoms with Crippen molar-refractivity contribution in [1.82, 2.24) is 4.98 Å². The Kier molecular flexibility index (Phi) is 5.19. The number of phosphoric ester groups is 1. The summed E-state index contributed by atoms with van der Waals surface area (Å²) in [6.45, 7) is 2.63. The quantitative estimate of drug-likeness (QED) is 0.444. The van der Waals surface area contributed by atoms with E-state index in [0.29, 0.717) is 22.4 Å². The first-order valence-corrected chi connectivity index (χ1v) is 12.4. The first-order valence-electron chi connectivity index (χ1n) is 7.68. The highest BCUT2D eigenvalue weighted by molar-refractivity contribution is 7.91. The number of aromatic amines is 1. The summed E-state index contributed by atoms with van der Waals surface area (Å²) >= 11 is 0. The van der Waals surface area contributed by atoms with Crippen molar-refractivity contribution < 1.29 is 50.5 Å². The molecule has 28 heavy (non-hydrogen) atoms. The highest BCUT2D eigenvalue weighted by Gasteiger charge is 2.34. The molecule has 1 aliphatic rings. The van der Waals surface area contributed by atoms with E-state index in [9.17, 15) is 17.5 Å². The van der Waals surface area contributed by atoms with Gasteiger partial charge in [0.15, 0.2) is 21.3 Å². The fraction of sp³-hybridized carbons (Fsp3) is 0.385. The van der Waals surface area contributed by atoms with Crippen molar-refractivity contribution in [3.63, 3.8) is 0 Å². The van der Waals surface area contributed by atoms with Crippen LogP contribution in [0.2, 0.25) is 0 Å². The minimum Gasteiger partial charge on any atom is -0.449 e. The van der Waals surface area contributed by atoms with E-state index in [2.05, 4.69) is 13.8 Å². The number of H-pyrrole nitrogens is 1. The predicted octanol–water partition coefficient (Wildman–Crippen LogP) is 1.68. The molecule has 1 aromatic heterocycles. The minimum absolute atomic E-state index is 0.183. The van der Waals surface area contributed by atoms with Crippen molar-refractivity contribution in [2.75, 3.05) is 12.4 Å². The number of ether oxygens (including phenoxy) is 2. The minimum atomic E-state index is -5.28. The van der Waals surface area contributed by atoms with Gasteiger partial charge in [-0.1, -0.05) is 0 Å². The lowest BCUT2D eigenvalue weighted by molar-refractivity contribution is -0.0431. The molecule has 4 N–H and O–H groups in total. The topological polar surface area (TPSA) is 182 Å². The van der Waals surface area contributed by atoms with Gasteiger partial charge in [0.25, 0.3) is 0 Å². The van der Waals surface area contributed by atoms with Crippen LogP contribution in [0.3, 0.4) is 0 Å². The fourth-order valence-electron chi connectivity index (χ4n) is 2.52. The van der Waals surface area contributed by atoms with Crippen molar-refractivity contribution in [1.29, 1.82) is 0 Å². The van der Waals surface area contributed by atoms with Gasteiger partial charge in [-0.15, -0.1) is 0 Å². The molecule has 1 aromatic carbocycles. The van der Waals surface area contributed by atoms with Gasteiger partial charge >= 0.3 is 15.6 Å². The van der Waals surface area contributed by atoms with E-state index in [0.717, 1.165) is 0 Å². The second-order valence-corrected chi connectivity index (χ2v) is 11.2. The van der Waals surface area contributed by atoms with Crippen LogP contribution in [0.4, 0.5) is 0 Å². The normalized spacial score (nSPS) is 18.3.